The fraction of sp³-hybridized carbons (Fsp3) is 1.00. The highest BCUT2D eigenvalue weighted by Gasteiger charge is 2.77. The van der Waals surface area contributed by atoms with Crippen molar-refractivity contribution in [1.82, 2.24) is 0 Å². The average molecular weight is 180 g/mol. The standard InChI is InChI=1S/C13H24/c1-9(2)12(6)7-10(3)13(12)8-11(13,4)5/h9-10H,7-8H2,1-6H3. The molecular formula is C13H24. The van der Waals surface area contributed by atoms with Crippen LogP contribution in [0.3, 0.4) is 0 Å². The van der Waals surface area contributed by atoms with Crippen molar-refractivity contribution in [2.75, 3.05) is 0 Å². The van der Waals surface area contributed by atoms with Gasteiger partial charge in [-0.2, -0.15) is 0 Å². The molecule has 0 heterocycles. The summed E-state index contributed by atoms with van der Waals surface area (Å²) in [5.74, 6) is 1.82. The molecule has 0 aliphatic heterocycles. The molecule has 1 spiro atoms. The summed E-state index contributed by atoms with van der Waals surface area (Å²) < 4.78 is 0. The lowest BCUT2D eigenvalue weighted by molar-refractivity contribution is -0.104. The van der Waals surface area contributed by atoms with Gasteiger partial charge in [-0.3, -0.25) is 0 Å². The Kier molecular flexibility index (Phi) is 1.58. The van der Waals surface area contributed by atoms with Crippen LogP contribution in [0.15, 0.2) is 0 Å². The highest BCUT2D eigenvalue weighted by atomic mass is 14.8. The summed E-state index contributed by atoms with van der Waals surface area (Å²) >= 11 is 0. The van der Waals surface area contributed by atoms with Crippen molar-refractivity contribution in [2.45, 2.75) is 54.4 Å². The molecule has 76 valence electrons. The Bertz CT molecular complexity index is 238. The van der Waals surface area contributed by atoms with Gasteiger partial charge in [0.25, 0.3) is 0 Å². The van der Waals surface area contributed by atoms with Gasteiger partial charge in [0, 0.05) is 0 Å². The van der Waals surface area contributed by atoms with Gasteiger partial charge < -0.3 is 0 Å². The quantitative estimate of drug-likeness (QED) is 0.570. The molecule has 0 radical (unpaired) electrons. The smallest absolute Gasteiger partial charge is 0.0158 e. The molecule has 3 unspecified atom stereocenters. The molecular weight excluding hydrogens is 156 g/mol. The monoisotopic (exact) mass is 180 g/mol. The second-order valence-corrected chi connectivity index (χ2v) is 6.71. The number of rotatable bonds is 1. The molecule has 0 aromatic rings. The Morgan fingerprint density at radius 1 is 1.15 bits per heavy atom. The van der Waals surface area contributed by atoms with Gasteiger partial charge in [-0.15, -0.1) is 0 Å². The van der Waals surface area contributed by atoms with E-state index in [0.717, 1.165) is 11.8 Å². The Morgan fingerprint density at radius 2 is 1.62 bits per heavy atom. The molecule has 2 aliphatic carbocycles. The van der Waals surface area contributed by atoms with Crippen molar-refractivity contribution in [3.05, 3.63) is 0 Å². The molecule has 2 saturated carbocycles. The molecule has 0 N–H and O–H groups in total. The lowest BCUT2D eigenvalue weighted by Gasteiger charge is -2.58. The number of hydrogen-bond donors (Lipinski definition) is 0. The summed E-state index contributed by atoms with van der Waals surface area (Å²) in [5, 5.41) is 0. The SMILES string of the molecule is CC(C)C1(C)CC(C)C12CC2(C)C. The largest absolute Gasteiger partial charge is 0.0622 e. The summed E-state index contributed by atoms with van der Waals surface area (Å²) in [4.78, 5) is 0. The predicted molar refractivity (Wildman–Crippen MR) is 57.6 cm³/mol. The molecule has 0 nitrogen and oxygen atoms in total. The van der Waals surface area contributed by atoms with Crippen molar-refractivity contribution in [2.24, 2.45) is 28.1 Å². The molecule has 2 rings (SSSR count). The lowest BCUT2D eigenvalue weighted by Crippen LogP contribution is -2.52. The van der Waals surface area contributed by atoms with E-state index in [9.17, 15) is 0 Å². The Hall–Kier alpha value is 0. The van der Waals surface area contributed by atoms with Crippen LogP contribution in [0, 0.1) is 28.1 Å². The third kappa shape index (κ3) is 0.789. The molecule has 0 aromatic carbocycles. The first-order valence-electron chi connectivity index (χ1n) is 5.78. The van der Waals surface area contributed by atoms with E-state index in [0.29, 0.717) is 16.2 Å². The minimum absolute atomic E-state index is 0.629. The molecule has 13 heavy (non-hydrogen) atoms. The topological polar surface area (TPSA) is 0 Å². The van der Waals surface area contributed by atoms with E-state index in [1.807, 2.05) is 0 Å². The molecule has 2 aliphatic rings. The van der Waals surface area contributed by atoms with Crippen LogP contribution in [0.2, 0.25) is 0 Å². The van der Waals surface area contributed by atoms with Gasteiger partial charge in [-0.1, -0.05) is 41.5 Å². The maximum absolute atomic E-state index is 2.52. The molecule has 0 bridgehead atoms. The van der Waals surface area contributed by atoms with E-state index >= 15 is 0 Å². The maximum atomic E-state index is 2.52. The van der Waals surface area contributed by atoms with Crippen LogP contribution in [-0.2, 0) is 0 Å². The maximum Gasteiger partial charge on any atom is -0.0158 e. The van der Waals surface area contributed by atoms with Crippen molar-refractivity contribution in [3.8, 4) is 0 Å². The summed E-state index contributed by atoms with van der Waals surface area (Å²) in [7, 11) is 0. The first kappa shape index (κ1) is 9.55. The van der Waals surface area contributed by atoms with Gasteiger partial charge in [0.1, 0.15) is 0 Å². The second-order valence-electron chi connectivity index (χ2n) is 6.71. The van der Waals surface area contributed by atoms with E-state index < -0.39 is 0 Å². The minimum Gasteiger partial charge on any atom is -0.0622 e. The van der Waals surface area contributed by atoms with Gasteiger partial charge in [0.05, 0.1) is 0 Å². The van der Waals surface area contributed by atoms with Crippen LogP contribution in [-0.4, -0.2) is 0 Å². The van der Waals surface area contributed by atoms with Crippen LogP contribution in [0.1, 0.15) is 54.4 Å². The molecule has 0 aromatic heterocycles. The van der Waals surface area contributed by atoms with Crippen molar-refractivity contribution < 1.29 is 0 Å². The van der Waals surface area contributed by atoms with E-state index in [2.05, 4.69) is 41.5 Å². The minimum atomic E-state index is 0.629. The van der Waals surface area contributed by atoms with Crippen molar-refractivity contribution in [1.29, 1.82) is 0 Å². The van der Waals surface area contributed by atoms with Gasteiger partial charge in [-0.05, 0) is 40.9 Å². The summed E-state index contributed by atoms with van der Waals surface area (Å²) in [5.41, 5.74) is 1.97. The molecule has 0 heteroatoms. The van der Waals surface area contributed by atoms with E-state index in [1.54, 1.807) is 0 Å². The summed E-state index contributed by atoms with van der Waals surface area (Å²) in [6.07, 6.45) is 2.92. The van der Waals surface area contributed by atoms with Crippen LogP contribution in [0.5, 0.6) is 0 Å². The van der Waals surface area contributed by atoms with Gasteiger partial charge in [-0.25, -0.2) is 0 Å². The molecule has 0 amide bonds. The Morgan fingerprint density at radius 3 is 1.77 bits per heavy atom. The molecule has 3 atom stereocenters. The average Bonchev–Trinajstić information content (AvgIpc) is 2.58. The third-order valence-electron chi connectivity index (χ3n) is 5.67. The zero-order valence-corrected chi connectivity index (χ0v) is 10.1. The first-order chi connectivity index (χ1) is 5.78. The second kappa shape index (κ2) is 2.15. The van der Waals surface area contributed by atoms with Crippen LogP contribution < -0.4 is 0 Å². The van der Waals surface area contributed by atoms with Crippen molar-refractivity contribution in [3.63, 3.8) is 0 Å². The fourth-order valence-corrected chi connectivity index (χ4v) is 4.64. The third-order valence-corrected chi connectivity index (χ3v) is 5.67. The zero-order chi connectivity index (χ0) is 10.1. The van der Waals surface area contributed by atoms with Gasteiger partial charge >= 0.3 is 0 Å². The van der Waals surface area contributed by atoms with Crippen LogP contribution in [0.25, 0.3) is 0 Å². The van der Waals surface area contributed by atoms with E-state index in [-0.39, 0.29) is 0 Å². The molecule has 0 saturated heterocycles. The van der Waals surface area contributed by atoms with Gasteiger partial charge in [0.15, 0.2) is 0 Å². The summed E-state index contributed by atoms with van der Waals surface area (Å²) in [6.45, 7) is 14.7. The van der Waals surface area contributed by atoms with Crippen molar-refractivity contribution >= 4 is 0 Å². The molecule has 2 fully saturated rings. The Balaban J connectivity index is 2.29. The van der Waals surface area contributed by atoms with Crippen LogP contribution in [0.4, 0.5) is 0 Å². The fourth-order valence-electron chi connectivity index (χ4n) is 4.64. The van der Waals surface area contributed by atoms with Gasteiger partial charge in [0.2, 0.25) is 0 Å². The predicted octanol–water partition coefficient (Wildman–Crippen LogP) is 4.10. The summed E-state index contributed by atoms with van der Waals surface area (Å²) in [6, 6.07) is 0. The van der Waals surface area contributed by atoms with Crippen LogP contribution >= 0.6 is 0 Å². The van der Waals surface area contributed by atoms with E-state index in [1.165, 1.54) is 12.8 Å². The first-order valence-corrected chi connectivity index (χ1v) is 5.78. The Labute approximate surface area is 83.1 Å². The lowest BCUT2D eigenvalue weighted by atomic mass is 9.46. The normalized spacial score (nSPS) is 52.4. The highest BCUT2D eigenvalue weighted by molar-refractivity contribution is 5.25. The zero-order valence-electron chi connectivity index (χ0n) is 10.1. The highest BCUT2D eigenvalue weighted by Crippen LogP contribution is 2.84. The van der Waals surface area contributed by atoms with E-state index in [4.69, 9.17) is 0 Å². The number of hydrogen-bond acceptors (Lipinski definition) is 0.